The van der Waals surface area contributed by atoms with Crippen molar-refractivity contribution in [2.75, 3.05) is 13.1 Å². The smallest absolute Gasteiger partial charge is 0.295 e. The highest BCUT2D eigenvalue weighted by atomic mass is 16.2. The van der Waals surface area contributed by atoms with Crippen molar-refractivity contribution in [3.8, 4) is 0 Å². The number of piperidine rings is 1. The maximum Gasteiger partial charge on any atom is 0.295 e. The molecule has 1 aliphatic rings. The number of likely N-dealkylation sites (tertiary alicyclic amines) is 1. The van der Waals surface area contributed by atoms with E-state index in [-0.39, 0.29) is 24.5 Å². The molecule has 2 atom stereocenters. The number of carbonyl (C=O) groups excluding carboxylic acids is 3. The van der Waals surface area contributed by atoms with E-state index in [0.717, 1.165) is 24.8 Å². The normalized spacial score (nSPS) is 19.4. The van der Waals surface area contributed by atoms with Crippen LogP contribution in [0.5, 0.6) is 0 Å². The quantitative estimate of drug-likeness (QED) is 0.554. The highest BCUT2D eigenvalue weighted by molar-refractivity contribution is 6.44. The number of aromatic nitrogens is 1. The molecule has 1 fully saturated rings. The average molecular weight is 398 g/mol. The van der Waals surface area contributed by atoms with Crippen LogP contribution in [0.2, 0.25) is 0 Å². The van der Waals surface area contributed by atoms with E-state index >= 15 is 0 Å². The van der Waals surface area contributed by atoms with Crippen molar-refractivity contribution in [2.24, 2.45) is 0 Å². The van der Waals surface area contributed by atoms with Crippen molar-refractivity contribution >= 4 is 28.5 Å². The molecule has 0 radical (unpaired) electrons. The van der Waals surface area contributed by atoms with E-state index in [1.807, 2.05) is 47.6 Å². The van der Waals surface area contributed by atoms with Crippen molar-refractivity contribution < 1.29 is 14.4 Å². The summed E-state index contributed by atoms with van der Waals surface area (Å²) in [5.41, 5.74) is 1.17. The first-order valence-corrected chi connectivity index (χ1v) is 10.6. The molecular weight excluding hydrogens is 366 g/mol. The van der Waals surface area contributed by atoms with Gasteiger partial charge >= 0.3 is 0 Å². The zero-order valence-corrected chi connectivity index (χ0v) is 17.9. The molecule has 2 aromatic rings. The molecule has 2 amide bonds. The molecule has 0 saturated carbocycles. The van der Waals surface area contributed by atoms with E-state index in [9.17, 15) is 14.4 Å². The van der Waals surface area contributed by atoms with Gasteiger partial charge in [-0.2, -0.15) is 0 Å². The topological polar surface area (TPSA) is 62.6 Å². The summed E-state index contributed by atoms with van der Waals surface area (Å²) in [5, 5.41) is 0.713. The van der Waals surface area contributed by atoms with E-state index in [0.29, 0.717) is 24.0 Å². The molecule has 0 aliphatic carbocycles. The van der Waals surface area contributed by atoms with Crippen molar-refractivity contribution in [2.45, 2.75) is 65.6 Å². The number of carbonyl (C=O) groups is 3. The number of para-hydroxylation sites is 1. The second-order valence-corrected chi connectivity index (χ2v) is 7.92. The van der Waals surface area contributed by atoms with Crippen LogP contribution in [0.4, 0.5) is 0 Å². The van der Waals surface area contributed by atoms with Crippen molar-refractivity contribution in [3.05, 3.63) is 36.0 Å². The van der Waals surface area contributed by atoms with Gasteiger partial charge in [-0.05, 0) is 53.0 Å². The summed E-state index contributed by atoms with van der Waals surface area (Å²) < 4.78 is 1.81. The number of hydrogen-bond acceptors (Lipinski definition) is 3. The lowest BCUT2D eigenvalue weighted by Crippen LogP contribution is -2.48. The van der Waals surface area contributed by atoms with Gasteiger partial charge in [0.1, 0.15) is 6.54 Å². The average Bonchev–Trinajstić information content (AvgIpc) is 3.06. The van der Waals surface area contributed by atoms with Crippen LogP contribution in [0, 0.1) is 0 Å². The summed E-state index contributed by atoms with van der Waals surface area (Å²) in [5.74, 6) is -0.960. The van der Waals surface area contributed by atoms with E-state index in [1.165, 1.54) is 4.90 Å². The van der Waals surface area contributed by atoms with Gasteiger partial charge in [-0.25, -0.2) is 0 Å². The number of amides is 2. The Morgan fingerprint density at radius 1 is 1.03 bits per heavy atom. The largest absolute Gasteiger partial charge is 0.337 e. The van der Waals surface area contributed by atoms with Gasteiger partial charge in [-0.3, -0.25) is 14.4 Å². The monoisotopic (exact) mass is 397 g/mol. The van der Waals surface area contributed by atoms with Gasteiger partial charge in [-0.15, -0.1) is 0 Å². The van der Waals surface area contributed by atoms with Crippen LogP contribution in [-0.2, 0) is 16.1 Å². The zero-order chi connectivity index (χ0) is 21.1. The standard InChI is InChI=1S/C23H31N3O3/c1-5-24(6-2)23(29)22(28)19-14-25(20-13-8-7-12-18(19)20)15-21(27)26-16(3)10-9-11-17(26)4/h7-8,12-14,16-17H,5-6,9-11,15H2,1-4H3/t16-,17+. The lowest BCUT2D eigenvalue weighted by molar-refractivity contribution is -0.137. The van der Waals surface area contributed by atoms with Crippen molar-refractivity contribution in [1.82, 2.24) is 14.4 Å². The summed E-state index contributed by atoms with van der Waals surface area (Å²) in [6.07, 6.45) is 4.85. The molecule has 0 bridgehead atoms. The SMILES string of the molecule is CCN(CC)C(=O)C(=O)c1cn(CC(=O)N2[C@H](C)CCC[C@@H]2C)c2ccccc12. The summed E-state index contributed by atoms with van der Waals surface area (Å²) >= 11 is 0. The molecule has 1 saturated heterocycles. The molecule has 156 valence electrons. The minimum absolute atomic E-state index is 0.0551. The van der Waals surface area contributed by atoms with Gasteiger partial charge in [0.15, 0.2) is 0 Å². The van der Waals surface area contributed by atoms with Gasteiger partial charge in [0.25, 0.3) is 11.7 Å². The van der Waals surface area contributed by atoms with E-state index in [2.05, 4.69) is 13.8 Å². The van der Waals surface area contributed by atoms with Gasteiger partial charge in [0, 0.05) is 42.3 Å². The number of Topliss-reactive ketones (excluding diaryl/α,β-unsaturated/α-hetero) is 1. The number of hydrogen-bond donors (Lipinski definition) is 0. The lowest BCUT2D eigenvalue weighted by Gasteiger charge is -2.39. The number of fused-ring (bicyclic) bond motifs is 1. The number of likely N-dealkylation sites (N-methyl/N-ethyl adjacent to an activating group) is 1. The minimum atomic E-state index is -0.518. The van der Waals surface area contributed by atoms with Gasteiger partial charge < -0.3 is 14.4 Å². The summed E-state index contributed by atoms with van der Waals surface area (Å²) in [6.45, 7) is 9.06. The van der Waals surface area contributed by atoms with Crippen molar-refractivity contribution in [1.29, 1.82) is 0 Å². The molecule has 1 aliphatic heterocycles. The number of ketones is 1. The Morgan fingerprint density at radius 3 is 2.28 bits per heavy atom. The second-order valence-electron chi connectivity index (χ2n) is 7.92. The Bertz CT molecular complexity index is 903. The predicted molar refractivity (Wildman–Crippen MR) is 114 cm³/mol. The van der Waals surface area contributed by atoms with E-state index < -0.39 is 11.7 Å². The van der Waals surface area contributed by atoms with E-state index in [4.69, 9.17) is 0 Å². The molecule has 1 aromatic heterocycles. The highest BCUT2D eigenvalue weighted by Gasteiger charge is 2.30. The summed E-state index contributed by atoms with van der Waals surface area (Å²) in [6, 6.07) is 7.91. The third kappa shape index (κ3) is 4.07. The number of nitrogens with zero attached hydrogens (tertiary/aromatic N) is 3. The first-order valence-electron chi connectivity index (χ1n) is 10.6. The van der Waals surface area contributed by atoms with Crippen molar-refractivity contribution in [3.63, 3.8) is 0 Å². The summed E-state index contributed by atoms with van der Waals surface area (Å²) in [4.78, 5) is 42.1. The van der Waals surface area contributed by atoms with Gasteiger partial charge in [0.05, 0.1) is 5.56 Å². The lowest BCUT2D eigenvalue weighted by atomic mass is 9.97. The van der Waals surface area contributed by atoms with Gasteiger partial charge in [-0.1, -0.05) is 18.2 Å². The first-order chi connectivity index (χ1) is 13.9. The molecule has 6 nitrogen and oxygen atoms in total. The van der Waals surface area contributed by atoms with Crippen LogP contribution in [0.15, 0.2) is 30.5 Å². The fraction of sp³-hybridized carbons (Fsp3) is 0.522. The molecule has 6 heteroatoms. The molecule has 2 heterocycles. The highest BCUT2D eigenvalue weighted by Crippen LogP contribution is 2.26. The Morgan fingerprint density at radius 2 is 1.66 bits per heavy atom. The molecule has 0 spiro atoms. The van der Waals surface area contributed by atoms with E-state index in [1.54, 1.807) is 6.20 Å². The Hall–Kier alpha value is -2.63. The molecule has 29 heavy (non-hydrogen) atoms. The Labute approximate surface area is 172 Å². The zero-order valence-electron chi connectivity index (χ0n) is 17.9. The van der Waals surface area contributed by atoms with Crippen LogP contribution in [-0.4, -0.2) is 57.1 Å². The van der Waals surface area contributed by atoms with Crippen LogP contribution in [0.25, 0.3) is 10.9 Å². The molecule has 3 rings (SSSR count). The number of benzene rings is 1. The third-order valence-corrected chi connectivity index (χ3v) is 6.07. The Balaban J connectivity index is 1.93. The van der Waals surface area contributed by atoms with Crippen LogP contribution in [0.3, 0.4) is 0 Å². The third-order valence-electron chi connectivity index (χ3n) is 6.07. The molecule has 0 N–H and O–H groups in total. The Kier molecular flexibility index (Phi) is 6.40. The fourth-order valence-electron chi connectivity index (χ4n) is 4.47. The van der Waals surface area contributed by atoms with Gasteiger partial charge in [0.2, 0.25) is 5.91 Å². The molecule has 0 unspecified atom stereocenters. The molecule has 1 aromatic carbocycles. The maximum absolute atomic E-state index is 13.1. The summed E-state index contributed by atoms with van der Waals surface area (Å²) in [7, 11) is 0. The minimum Gasteiger partial charge on any atom is -0.337 e. The van der Waals surface area contributed by atoms with Crippen LogP contribution >= 0.6 is 0 Å². The maximum atomic E-state index is 13.1. The number of rotatable bonds is 6. The van der Waals surface area contributed by atoms with Crippen LogP contribution in [0.1, 0.15) is 57.3 Å². The predicted octanol–water partition coefficient (Wildman–Crippen LogP) is 3.48. The fourth-order valence-corrected chi connectivity index (χ4v) is 4.47. The van der Waals surface area contributed by atoms with Crippen LogP contribution < -0.4 is 0 Å². The first kappa shape index (κ1) is 21.1. The molecular formula is C23H31N3O3. The second kappa shape index (κ2) is 8.80.